The van der Waals surface area contributed by atoms with Crippen molar-refractivity contribution in [2.75, 3.05) is 40.3 Å². The lowest BCUT2D eigenvalue weighted by molar-refractivity contribution is 0.0657. The van der Waals surface area contributed by atoms with Gasteiger partial charge in [0.1, 0.15) is 5.75 Å². The number of nitrogens with one attached hydrogen (secondary N) is 1. The molecule has 0 radical (unpaired) electrons. The summed E-state index contributed by atoms with van der Waals surface area (Å²) in [5, 5.41) is 3.38. The van der Waals surface area contributed by atoms with Crippen LogP contribution in [0.1, 0.15) is 16.1 Å². The molecule has 0 atom stereocenters. The Kier molecular flexibility index (Phi) is 7.96. The minimum atomic E-state index is -0.0594. The molecule has 1 aliphatic rings. The smallest absolute Gasteiger partial charge is 0.289 e. The van der Waals surface area contributed by atoms with Crippen molar-refractivity contribution >= 4 is 35.8 Å². The molecule has 1 saturated heterocycles. The predicted molar refractivity (Wildman–Crippen MR) is 115 cm³/mol. The molecule has 0 aliphatic carbocycles. The summed E-state index contributed by atoms with van der Waals surface area (Å²) in [5.41, 5.74) is 1.15. The van der Waals surface area contributed by atoms with Crippen LogP contribution in [0.15, 0.2) is 52.1 Å². The van der Waals surface area contributed by atoms with Gasteiger partial charge in [-0.25, -0.2) is 0 Å². The van der Waals surface area contributed by atoms with Crippen molar-refractivity contribution in [1.29, 1.82) is 0 Å². The molecule has 0 bridgehead atoms. The van der Waals surface area contributed by atoms with E-state index < -0.39 is 0 Å². The van der Waals surface area contributed by atoms with E-state index in [4.69, 9.17) is 9.15 Å². The number of guanidine groups is 1. The van der Waals surface area contributed by atoms with Crippen LogP contribution in [0.25, 0.3) is 0 Å². The van der Waals surface area contributed by atoms with E-state index in [0.29, 0.717) is 25.4 Å². The van der Waals surface area contributed by atoms with Crippen molar-refractivity contribution in [3.05, 3.63) is 54.0 Å². The molecule has 27 heavy (non-hydrogen) atoms. The molecule has 1 fully saturated rings. The predicted octanol–water partition coefficient (Wildman–Crippen LogP) is 2.44. The van der Waals surface area contributed by atoms with E-state index in [0.717, 1.165) is 30.4 Å². The summed E-state index contributed by atoms with van der Waals surface area (Å²) in [6.07, 6.45) is 1.52. The van der Waals surface area contributed by atoms with Gasteiger partial charge in [0.2, 0.25) is 0 Å². The van der Waals surface area contributed by atoms with E-state index in [1.165, 1.54) is 6.26 Å². The molecule has 146 valence electrons. The highest BCUT2D eigenvalue weighted by Gasteiger charge is 2.25. The number of ether oxygens (including phenoxy) is 1. The summed E-state index contributed by atoms with van der Waals surface area (Å²) < 4.78 is 10.4. The van der Waals surface area contributed by atoms with Gasteiger partial charge < -0.3 is 24.3 Å². The molecule has 1 aliphatic heterocycles. The number of carbonyl (C=O) groups excluding carboxylic acids is 1. The lowest BCUT2D eigenvalue weighted by atomic mass is 10.2. The van der Waals surface area contributed by atoms with Gasteiger partial charge in [-0.05, 0) is 29.8 Å². The van der Waals surface area contributed by atoms with Crippen LogP contribution in [-0.4, -0.2) is 62.0 Å². The van der Waals surface area contributed by atoms with E-state index in [1.54, 1.807) is 26.3 Å². The van der Waals surface area contributed by atoms with E-state index in [-0.39, 0.29) is 29.9 Å². The molecule has 0 spiro atoms. The number of piperazine rings is 1. The summed E-state index contributed by atoms with van der Waals surface area (Å²) in [4.78, 5) is 20.7. The van der Waals surface area contributed by atoms with E-state index in [9.17, 15) is 4.79 Å². The zero-order chi connectivity index (χ0) is 18.4. The number of benzene rings is 1. The number of furan rings is 1. The fraction of sp³-hybridized carbons (Fsp3) is 0.368. The van der Waals surface area contributed by atoms with Crippen molar-refractivity contribution in [2.45, 2.75) is 6.54 Å². The number of methoxy groups -OCH3 is 1. The van der Waals surface area contributed by atoms with Gasteiger partial charge in [0.25, 0.3) is 5.91 Å². The molecular weight excluding hydrogens is 459 g/mol. The second-order valence-electron chi connectivity index (χ2n) is 6.01. The van der Waals surface area contributed by atoms with Crippen LogP contribution in [0.4, 0.5) is 0 Å². The molecule has 1 amide bonds. The van der Waals surface area contributed by atoms with Crippen molar-refractivity contribution in [3.63, 3.8) is 0 Å². The second kappa shape index (κ2) is 10.2. The highest BCUT2D eigenvalue weighted by atomic mass is 127. The number of aliphatic imine (C=N–C) groups is 1. The van der Waals surface area contributed by atoms with Crippen LogP contribution in [0.2, 0.25) is 0 Å². The maximum atomic E-state index is 12.3. The number of halogens is 1. The molecule has 1 N–H and O–H groups in total. The number of amides is 1. The zero-order valence-electron chi connectivity index (χ0n) is 15.6. The van der Waals surface area contributed by atoms with Crippen molar-refractivity contribution in [3.8, 4) is 5.75 Å². The minimum absolute atomic E-state index is 0. The fourth-order valence-corrected chi connectivity index (χ4v) is 2.93. The lowest BCUT2D eigenvalue weighted by Crippen LogP contribution is -2.53. The molecule has 2 aromatic rings. The van der Waals surface area contributed by atoms with Crippen LogP contribution >= 0.6 is 24.0 Å². The van der Waals surface area contributed by atoms with E-state index >= 15 is 0 Å². The Balaban J connectivity index is 0.00000261. The van der Waals surface area contributed by atoms with Crippen LogP contribution in [-0.2, 0) is 6.54 Å². The molecule has 1 aromatic heterocycles. The molecule has 3 rings (SSSR count). The Morgan fingerprint density at radius 2 is 1.81 bits per heavy atom. The van der Waals surface area contributed by atoms with Gasteiger partial charge in [-0.3, -0.25) is 9.79 Å². The minimum Gasteiger partial charge on any atom is -0.497 e. The maximum absolute atomic E-state index is 12.3. The Hall–Kier alpha value is -2.23. The van der Waals surface area contributed by atoms with Gasteiger partial charge in [-0.2, -0.15) is 0 Å². The maximum Gasteiger partial charge on any atom is 0.289 e. The zero-order valence-corrected chi connectivity index (χ0v) is 17.9. The molecule has 0 unspecified atom stereocenters. The number of hydrogen-bond donors (Lipinski definition) is 1. The van der Waals surface area contributed by atoms with Crippen LogP contribution in [0, 0.1) is 0 Å². The molecule has 2 heterocycles. The Morgan fingerprint density at radius 1 is 1.15 bits per heavy atom. The van der Waals surface area contributed by atoms with Gasteiger partial charge in [-0.1, -0.05) is 12.1 Å². The lowest BCUT2D eigenvalue weighted by Gasteiger charge is -2.36. The third-order valence-electron chi connectivity index (χ3n) is 4.42. The monoisotopic (exact) mass is 484 g/mol. The average Bonchev–Trinajstić information content (AvgIpc) is 3.24. The Morgan fingerprint density at radius 3 is 2.37 bits per heavy atom. The quantitative estimate of drug-likeness (QED) is 0.410. The van der Waals surface area contributed by atoms with Crippen LogP contribution < -0.4 is 10.1 Å². The number of rotatable bonds is 4. The molecule has 1 aromatic carbocycles. The molecular formula is C19H25IN4O3. The topological polar surface area (TPSA) is 70.3 Å². The molecule has 7 nitrogen and oxygen atoms in total. The van der Waals surface area contributed by atoms with Gasteiger partial charge >= 0.3 is 0 Å². The standard InChI is InChI=1S/C19H24N4O3.HI/c1-20-19(21-14-15-5-7-16(25-2)8-6-15)23-11-9-22(10-12-23)18(24)17-4-3-13-26-17;/h3-8,13H,9-12,14H2,1-2H3,(H,20,21);1H. The highest BCUT2D eigenvalue weighted by Crippen LogP contribution is 2.12. The first kappa shape index (κ1) is 21.1. The van der Waals surface area contributed by atoms with Crippen molar-refractivity contribution < 1.29 is 13.9 Å². The van der Waals surface area contributed by atoms with Gasteiger partial charge in [0.15, 0.2) is 11.7 Å². The number of nitrogens with zero attached hydrogens (tertiary/aromatic N) is 3. The number of hydrogen-bond acceptors (Lipinski definition) is 4. The summed E-state index contributed by atoms with van der Waals surface area (Å²) in [7, 11) is 3.43. The summed E-state index contributed by atoms with van der Waals surface area (Å²) in [5.74, 6) is 2.01. The normalized spacial score (nSPS) is 14.5. The first-order valence-corrected chi connectivity index (χ1v) is 8.62. The summed E-state index contributed by atoms with van der Waals surface area (Å²) in [6.45, 7) is 3.43. The summed E-state index contributed by atoms with van der Waals surface area (Å²) in [6, 6.07) is 11.4. The summed E-state index contributed by atoms with van der Waals surface area (Å²) >= 11 is 0. The van der Waals surface area contributed by atoms with Gasteiger partial charge in [0, 0.05) is 39.8 Å². The van der Waals surface area contributed by atoms with Crippen molar-refractivity contribution in [2.24, 2.45) is 4.99 Å². The third-order valence-corrected chi connectivity index (χ3v) is 4.42. The van der Waals surface area contributed by atoms with Crippen LogP contribution in [0.3, 0.4) is 0 Å². The number of carbonyl (C=O) groups is 1. The largest absolute Gasteiger partial charge is 0.497 e. The van der Waals surface area contributed by atoms with Crippen LogP contribution in [0.5, 0.6) is 5.75 Å². The first-order chi connectivity index (χ1) is 12.7. The second-order valence-corrected chi connectivity index (χ2v) is 6.01. The first-order valence-electron chi connectivity index (χ1n) is 8.62. The Labute approximate surface area is 176 Å². The fourth-order valence-electron chi connectivity index (χ4n) is 2.93. The Bertz CT molecular complexity index is 739. The average molecular weight is 484 g/mol. The van der Waals surface area contributed by atoms with E-state index in [1.807, 2.05) is 29.2 Å². The third kappa shape index (κ3) is 5.38. The van der Waals surface area contributed by atoms with Gasteiger partial charge in [0.05, 0.1) is 13.4 Å². The molecule has 0 saturated carbocycles. The molecule has 8 heteroatoms. The SMILES string of the molecule is CN=C(NCc1ccc(OC)cc1)N1CCN(C(=O)c2ccco2)CC1.I. The van der Waals surface area contributed by atoms with Crippen molar-refractivity contribution in [1.82, 2.24) is 15.1 Å². The van der Waals surface area contributed by atoms with E-state index in [2.05, 4.69) is 15.2 Å². The van der Waals surface area contributed by atoms with Gasteiger partial charge in [-0.15, -0.1) is 24.0 Å². The highest BCUT2D eigenvalue weighted by molar-refractivity contribution is 14.0.